The topological polar surface area (TPSA) is 0 Å². The van der Waals surface area contributed by atoms with Gasteiger partial charge in [-0.3, -0.25) is 11.8 Å². The number of hydrogen-bond donors (Lipinski definition) is 0. The van der Waals surface area contributed by atoms with Gasteiger partial charge >= 0.3 is 44.8 Å². The Morgan fingerprint density at radius 3 is 0.797 bits per heavy atom. The molecule has 13 aromatic carbocycles. The molecule has 0 aliphatic carbocycles. The molecule has 0 aliphatic heterocycles. The third-order valence-corrected chi connectivity index (χ3v) is 19.5. The standard InChI is InChI=1S/C38H28P2.2C16H9.2Au/c1-3-19-31(20-4-1)39(35-27-13-17-29-15-7-9-23-33(29)35)37-25-11-12-26-38(37)40(32-21-5-2-6-22-32)36-28-14-18-30-16-8-10-24-34(30)36;2*1-2-14-15-9-5-3-7-12(15)11-13-8-4-6-10-16(13)14;;/h1-28H;2*3-11H;;/q;2*-1;2*+1/p+2. The predicted octanol–water partition coefficient (Wildman–Crippen LogP) is 14.8. The Kier molecular flexibility index (Phi) is 17.0. The van der Waals surface area contributed by atoms with Gasteiger partial charge < -0.3 is 12.8 Å². The second-order valence-electron chi connectivity index (χ2n) is 17.7. The van der Waals surface area contributed by atoms with Crippen LogP contribution in [0.15, 0.2) is 279 Å². The van der Waals surface area contributed by atoms with Gasteiger partial charge in [0.1, 0.15) is 47.7 Å². The normalized spacial score (nSPS) is 11.4. The molecule has 13 rings (SSSR count). The molecule has 2 atom stereocenters. The summed E-state index contributed by atoms with van der Waals surface area (Å²) in [7, 11) is -2.64. The second kappa shape index (κ2) is 24.3. The second-order valence-corrected chi connectivity index (χ2v) is 22.5. The Hall–Kier alpha value is -7.12. The van der Waals surface area contributed by atoms with Gasteiger partial charge in [-0.15, -0.1) is 11.1 Å². The van der Waals surface area contributed by atoms with Gasteiger partial charge in [0.05, 0.1) is 0 Å². The van der Waals surface area contributed by atoms with Gasteiger partial charge in [0.2, 0.25) is 0 Å². The fourth-order valence-corrected chi connectivity index (χ4v) is 16.6. The summed E-state index contributed by atoms with van der Waals surface area (Å²) >= 11 is 0. The van der Waals surface area contributed by atoms with E-state index >= 15 is 0 Å². The third-order valence-electron chi connectivity index (χ3n) is 13.5. The van der Waals surface area contributed by atoms with Crippen molar-refractivity contribution in [1.29, 1.82) is 0 Å². The van der Waals surface area contributed by atoms with Gasteiger partial charge in [-0.05, 0) is 93.0 Å². The van der Waals surface area contributed by atoms with Gasteiger partial charge in [0, 0.05) is 10.8 Å². The van der Waals surface area contributed by atoms with Crippen molar-refractivity contribution in [2.45, 2.75) is 0 Å². The Morgan fingerprint density at radius 1 is 0.230 bits per heavy atom. The summed E-state index contributed by atoms with van der Waals surface area (Å²) in [4.78, 5) is 0. The van der Waals surface area contributed by atoms with Crippen LogP contribution in [0.3, 0.4) is 0 Å². The largest absolute Gasteiger partial charge is 1.00 e. The Labute approximate surface area is 468 Å². The molecule has 0 bridgehead atoms. The SMILES string of the molecule is [Au+].[Au+].[C-]#Cc1c2ccccc2cc2ccccc12.[C-]#Cc1c2ccccc2cc2ccccc12.c1ccc([PH+](c2ccccc2[PH+](c2ccccc2)c2cccc3ccccc23)c2cccc3ccccc23)cc1. The van der Waals surface area contributed by atoms with Crippen LogP contribution in [0.1, 0.15) is 11.1 Å². The quantitative estimate of drug-likeness (QED) is 0.0512. The summed E-state index contributed by atoms with van der Waals surface area (Å²) in [5, 5.41) is 23.1. The minimum atomic E-state index is -1.32. The van der Waals surface area contributed by atoms with Gasteiger partial charge in [-0.2, -0.15) is 0 Å². The van der Waals surface area contributed by atoms with E-state index in [-0.39, 0.29) is 44.8 Å². The van der Waals surface area contributed by atoms with Gasteiger partial charge in [-0.25, -0.2) is 0 Å². The van der Waals surface area contributed by atoms with E-state index in [2.05, 4.69) is 218 Å². The van der Waals surface area contributed by atoms with E-state index in [0.29, 0.717) is 0 Å². The molecule has 0 radical (unpaired) electrons. The molecule has 0 amide bonds. The predicted molar refractivity (Wildman–Crippen MR) is 317 cm³/mol. The van der Waals surface area contributed by atoms with E-state index in [9.17, 15) is 0 Å². The number of benzene rings is 13. The van der Waals surface area contributed by atoms with Crippen molar-refractivity contribution in [1.82, 2.24) is 0 Å². The summed E-state index contributed by atoms with van der Waals surface area (Å²) in [6.07, 6.45) is 14.9. The molecule has 0 N–H and O–H groups in total. The fourth-order valence-electron chi connectivity index (χ4n) is 10.2. The zero-order valence-electron chi connectivity index (χ0n) is 40.2. The van der Waals surface area contributed by atoms with E-state index in [4.69, 9.17) is 12.8 Å². The van der Waals surface area contributed by atoms with E-state index in [1.54, 1.807) is 0 Å². The number of fused-ring (bicyclic) bond motifs is 6. The molecule has 0 saturated heterocycles. The molecule has 4 heteroatoms. The van der Waals surface area contributed by atoms with Crippen molar-refractivity contribution < 1.29 is 44.8 Å². The average molecular weight is 1350 g/mol. The molecule has 0 spiro atoms. The first-order valence-electron chi connectivity index (χ1n) is 24.3. The van der Waals surface area contributed by atoms with Crippen LogP contribution >= 0.6 is 15.8 Å². The zero-order chi connectivity index (χ0) is 48.6. The molecule has 0 saturated carbocycles. The van der Waals surface area contributed by atoms with Crippen molar-refractivity contribution in [2.24, 2.45) is 0 Å². The van der Waals surface area contributed by atoms with Crippen molar-refractivity contribution in [3.63, 3.8) is 0 Å². The maximum atomic E-state index is 7.46. The first-order valence-corrected chi connectivity index (χ1v) is 27.3. The van der Waals surface area contributed by atoms with Crippen molar-refractivity contribution in [2.75, 3.05) is 0 Å². The molecule has 0 fully saturated rings. The summed E-state index contributed by atoms with van der Waals surface area (Å²) < 4.78 is 0. The minimum Gasteiger partial charge on any atom is -0.366 e. The van der Waals surface area contributed by atoms with Gasteiger partial charge in [-0.1, -0.05) is 240 Å². The van der Waals surface area contributed by atoms with E-state index in [1.165, 1.54) is 53.4 Å². The number of hydrogen-bond acceptors (Lipinski definition) is 0. The molecular weight excluding hydrogens is 1300 g/mol. The number of rotatable bonds is 6. The molecule has 2 unspecified atom stereocenters. The van der Waals surface area contributed by atoms with Crippen LogP contribution in [-0.2, 0) is 44.8 Å². The fraction of sp³-hybridized carbons (Fsp3) is 0. The molecule has 358 valence electrons. The van der Waals surface area contributed by atoms with Crippen LogP contribution < -0.4 is 31.8 Å². The monoisotopic (exact) mass is 1340 g/mol. The average Bonchev–Trinajstić information content (AvgIpc) is 3.46. The van der Waals surface area contributed by atoms with Gasteiger partial charge in [0.15, 0.2) is 0 Å². The molecule has 13 aromatic rings. The Balaban J connectivity index is 0.000000162. The maximum absolute atomic E-state index is 7.46. The van der Waals surface area contributed by atoms with Crippen molar-refractivity contribution >= 4 is 112 Å². The van der Waals surface area contributed by atoms with E-state index in [1.807, 2.05) is 72.8 Å². The molecule has 74 heavy (non-hydrogen) atoms. The third kappa shape index (κ3) is 10.6. The van der Waals surface area contributed by atoms with E-state index in [0.717, 1.165) is 54.2 Å². The summed E-state index contributed by atoms with van der Waals surface area (Å²) in [6, 6.07) is 99.9. The smallest absolute Gasteiger partial charge is 0.366 e. The molecular formula is C70H48Au2P2+2. The summed E-state index contributed by atoms with van der Waals surface area (Å²) in [6.45, 7) is 0. The summed E-state index contributed by atoms with van der Waals surface area (Å²) in [5.74, 6) is 5.13. The molecule has 0 nitrogen and oxygen atoms in total. The van der Waals surface area contributed by atoms with Crippen LogP contribution in [0.25, 0.3) is 64.6 Å². The van der Waals surface area contributed by atoms with Crippen LogP contribution in [0.2, 0.25) is 0 Å². The van der Waals surface area contributed by atoms with Crippen molar-refractivity contribution in [3.8, 4) is 11.8 Å². The van der Waals surface area contributed by atoms with Crippen LogP contribution in [0, 0.1) is 24.7 Å². The van der Waals surface area contributed by atoms with Crippen LogP contribution in [0.5, 0.6) is 0 Å². The first-order chi connectivity index (χ1) is 35.7. The Morgan fingerprint density at radius 2 is 0.473 bits per heavy atom. The summed E-state index contributed by atoms with van der Waals surface area (Å²) in [5.41, 5.74) is 1.77. The Bertz CT molecular complexity index is 3770. The van der Waals surface area contributed by atoms with Gasteiger partial charge in [0.25, 0.3) is 0 Å². The minimum absolute atomic E-state index is 0. The maximum Gasteiger partial charge on any atom is 1.00 e. The zero-order valence-corrected chi connectivity index (χ0v) is 46.5. The van der Waals surface area contributed by atoms with Crippen LogP contribution in [0.4, 0.5) is 0 Å². The molecule has 0 aromatic heterocycles. The van der Waals surface area contributed by atoms with Crippen molar-refractivity contribution in [3.05, 3.63) is 303 Å². The molecule has 0 heterocycles. The van der Waals surface area contributed by atoms with E-state index < -0.39 is 15.8 Å². The molecule has 0 aliphatic rings. The first kappa shape index (κ1) is 51.8. The van der Waals surface area contributed by atoms with Crippen LogP contribution in [-0.4, -0.2) is 0 Å².